The van der Waals surface area contributed by atoms with Crippen LogP contribution in [0, 0.1) is 10.1 Å². The molecule has 4 rings (SSSR count). The van der Waals surface area contributed by atoms with Gasteiger partial charge in [0.05, 0.1) is 22.5 Å². The Hall–Kier alpha value is -4.39. The molecule has 0 saturated carbocycles. The highest BCUT2D eigenvalue weighted by Crippen LogP contribution is 2.24. The lowest BCUT2D eigenvalue weighted by molar-refractivity contribution is -0.384. The summed E-state index contributed by atoms with van der Waals surface area (Å²) in [6.07, 6.45) is 4.91. The van der Waals surface area contributed by atoms with Crippen LogP contribution in [0.25, 0.3) is 23.0 Å². The van der Waals surface area contributed by atoms with E-state index in [1.807, 2.05) is 42.5 Å². The molecule has 0 atom stereocenters. The Morgan fingerprint density at radius 2 is 1.63 bits per heavy atom. The Balaban J connectivity index is 1.54. The van der Waals surface area contributed by atoms with E-state index >= 15 is 0 Å². The van der Waals surface area contributed by atoms with Crippen molar-refractivity contribution in [2.24, 2.45) is 0 Å². The van der Waals surface area contributed by atoms with Crippen molar-refractivity contribution in [2.75, 3.05) is 0 Å². The Kier molecular flexibility index (Phi) is 5.25. The first-order chi connectivity index (χ1) is 14.6. The summed E-state index contributed by atoms with van der Waals surface area (Å²) in [5.74, 6) is -0.0589. The summed E-state index contributed by atoms with van der Waals surface area (Å²) in [6.45, 7) is 0. The Morgan fingerprint density at radius 1 is 0.933 bits per heavy atom. The van der Waals surface area contributed by atoms with Crippen LogP contribution >= 0.6 is 0 Å². The smallest absolute Gasteiger partial charge is 0.269 e. The summed E-state index contributed by atoms with van der Waals surface area (Å²) in [5, 5.41) is 18.9. The van der Waals surface area contributed by atoms with Crippen LogP contribution in [0.4, 0.5) is 5.69 Å². The third-order valence-electron chi connectivity index (χ3n) is 4.55. The van der Waals surface area contributed by atoms with Crippen LogP contribution in [0.1, 0.15) is 15.9 Å². The number of benzene rings is 3. The molecule has 0 amide bonds. The predicted molar refractivity (Wildman–Crippen MR) is 113 cm³/mol. The van der Waals surface area contributed by atoms with Gasteiger partial charge in [-0.25, -0.2) is 4.68 Å². The van der Waals surface area contributed by atoms with E-state index in [1.54, 1.807) is 47.3 Å². The van der Waals surface area contributed by atoms with Gasteiger partial charge in [0, 0.05) is 23.3 Å². The van der Waals surface area contributed by atoms with Crippen molar-refractivity contribution in [2.45, 2.75) is 0 Å². The van der Waals surface area contributed by atoms with Crippen LogP contribution in [-0.4, -0.2) is 25.7 Å². The molecule has 0 aliphatic rings. The number of non-ortho nitro benzene ring substituents is 1. The number of nitro benzene ring substituents is 1. The normalized spacial score (nSPS) is 10.9. The van der Waals surface area contributed by atoms with Crippen molar-refractivity contribution in [3.63, 3.8) is 0 Å². The summed E-state index contributed by atoms with van der Waals surface area (Å²) in [4.78, 5) is 22.6. The molecule has 0 fully saturated rings. The minimum absolute atomic E-state index is 0.0268. The first-order valence-electron chi connectivity index (χ1n) is 9.15. The Labute approximate surface area is 172 Å². The predicted octanol–water partition coefficient (Wildman–Crippen LogP) is 4.74. The van der Waals surface area contributed by atoms with E-state index in [1.165, 1.54) is 12.1 Å². The van der Waals surface area contributed by atoms with Crippen LogP contribution in [0.3, 0.4) is 0 Å². The molecule has 146 valence electrons. The number of hydrogen-bond donors (Lipinski definition) is 0. The zero-order valence-corrected chi connectivity index (χ0v) is 15.8. The molecule has 1 aromatic heterocycles. The number of rotatable bonds is 6. The summed E-state index contributed by atoms with van der Waals surface area (Å²) in [7, 11) is 0. The first kappa shape index (κ1) is 18.9. The van der Waals surface area contributed by atoms with Gasteiger partial charge in [0.25, 0.3) is 5.69 Å². The van der Waals surface area contributed by atoms with Crippen molar-refractivity contribution in [3.8, 4) is 16.9 Å². The molecule has 7 nitrogen and oxygen atoms in total. The highest BCUT2D eigenvalue weighted by molar-refractivity contribution is 6.06. The van der Waals surface area contributed by atoms with E-state index in [9.17, 15) is 14.9 Å². The zero-order valence-electron chi connectivity index (χ0n) is 15.8. The zero-order chi connectivity index (χ0) is 20.9. The van der Waals surface area contributed by atoms with Gasteiger partial charge in [-0.2, -0.15) is 0 Å². The fourth-order valence-corrected chi connectivity index (χ4v) is 2.97. The van der Waals surface area contributed by atoms with Gasteiger partial charge in [-0.05, 0) is 35.9 Å². The Morgan fingerprint density at radius 3 is 2.30 bits per heavy atom. The van der Waals surface area contributed by atoms with Crippen molar-refractivity contribution in [1.82, 2.24) is 15.0 Å². The lowest BCUT2D eigenvalue weighted by Crippen LogP contribution is -1.99. The molecule has 1 heterocycles. The molecule has 0 aliphatic heterocycles. The second-order valence-corrected chi connectivity index (χ2v) is 6.49. The monoisotopic (exact) mass is 396 g/mol. The molecule has 0 N–H and O–H groups in total. The topological polar surface area (TPSA) is 90.9 Å². The minimum Gasteiger partial charge on any atom is -0.289 e. The fraction of sp³-hybridized carbons (Fsp3) is 0. The molecule has 3 aromatic carbocycles. The number of ketones is 1. The number of carbonyl (C=O) groups is 1. The van der Waals surface area contributed by atoms with Crippen LogP contribution in [0.2, 0.25) is 0 Å². The molecular weight excluding hydrogens is 380 g/mol. The van der Waals surface area contributed by atoms with E-state index in [4.69, 9.17) is 0 Å². The molecule has 30 heavy (non-hydrogen) atoms. The molecule has 0 spiro atoms. The van der Waals surface area contributed by atoms with E-state index in [-0.39, 0.29) is 11.5 Å². The van der Waals surface area contributed by atoms with Crippen molar-refractivity contribution in [3.05, 3.63) is 112 Å². The van der Waals surface area contributed by atoms with Crippen LogP contribution in [0.15, 0.2) is 91.1 Å². The van der Waals surface area contributed by atoms with Crippen LogP contribution in [0.5, 0.6) is 0 Å². The minimum atomic E-state index is -0.436. The SMILES string of the molecule is O=C(C=Cc1ccc(-n2nncc2-c2ccc([N+](=O)[O-])cc2)cc1)c1ccccc1. The van der Waals surface area contributed by atoms with Crippen molar-refractivity contribution >= 4 is 17.5 Å². The molecule has 0 aliphatic carbocycles. The number of aromatic nitrogens is 3. The molecule has 4 aromatic rings. The van der Waals surface area contributed by atoms with Gasteiger partial charge in [-0.3, -0.25) is 14.9 Å². The van der Waals surface area contributed by atoms with E-state index in [2.05, 4.69) is 10.3 Å². The fourth-order valence-electron chi connectivity index (χ4n) is 2.97. The first-order valence-corrected chi connectivity index (χ1v) is 9.15. The highest BCUT2D eigenvalue weighted by Gasteiger charge is 2.11. The second kappa shape index (κ2) is 8.32. The maximum absolute atomic E-state index is 12.2. The van der Waals surface area contributed by atoms with Gasteiger partial charge in [-0.1, -0.05) is 53.8 Å². The van der Waals surface area contributed by atoms with Gasteiger partial charge >= 0.3 is 0 Å². The third kappa shape index (κ3) is 4.05. The molecule has 7 heteroatoms. The van der Waals surface area contributed by atoms with E-state index in [0.717, 1.165) is 16.8 Å². The number of nitrogens with zero attached hydrogens (tertiary/aromatic N) is 4. The second-order valence-electron chi connectivity index (χ2n) is 6.49. The van der Waals surface area contributed by atoms with Gasteiger partial charge < -0.3 is 0 Å². The van der Waals surface area contributed by atoms with Crippen LogP contribution in [-0.2, 0) is 0 Å². The van der Waals surface area contributed by atoms with Crippen molar-refractivity contribution < 1.29 is 9.72 Å². The number of carbonyl (C=O) groups excluding carboxylic acids is 1. The highest BCUT2D eigenvalue weighted by atomic mass is 16.6. The van der Waals surface area contributed by atoms with Gasteiger partial charge in [0.15, 0.2) is 5.78 Å². The lowest BCUT2D eigenvalue weighted by atomic mass is 10.1. The molecule has 0 radical (unpaired) electrons. The standard InChI is InChI=1S/C23H16N4O3/c28-23(19-4-2-1-3-5-19)15-8-17-6-11-20(12-7-17)26-22(16-24-25-26)18-9-13-21(14-10-18)27(29)30/h1-16H. The lowest BCUT2D eigenvalue weighted by Gasteiger charge is -2.06. The molecule has 0 saturated heterocycles. The van der Waals surface area contributed by atoms with Gasteiger partial charge in [0.2, 0.25) is 0 Å². The quantitative estimate of drug-likeness (QED) is 0.203. The summed E-state index contributed by atoms with van der Waals surface area (Å²) >= 11 is 0. The molecule has 0 bridgehead atoms. The summed E-state index contributed by atoms with van der Waals surface area (Å²) in [6, 6.07) is 22.8. The van der Waals surface area contributed by atoms with Crippen LogP contribution < -0.4 is 0 Å². The van der Waals surface area contributed by atoms with Gasteiger partial charge in [0.1, 0.15) is 0 Å². The number of allylic oxidation sites excluding steroid dienone is 1. The van der Waals surface area contributed by atoms with E-state index in [0.29, 0.717) is 11.3 Å². The average Bonchev–Trinajstić information content (AvgIpc) is 3.28. The van der Waals surface area contributed by atoms with Crippen molar-refractivity contribution in [1.29, 1.82) is 0 Å². The Bertz CT molecular complexity index is 1210. The van der Waals surface area contributed by atoms with E-state index < -0.39 is 4.92 Å². The average molecular weight is 396 g/mol. The molecule has 0 unspecified atom stereocenters. The largest absolute Gasteiger partial charge is 0.289 e. The number of hydrogen-bond acceptors (Lipinski definition) is 5. The maximum atomic E-state index is 12.2. The third-order valence-corrected chi connectivity index (χ3v) is 4.55. The summed E-state index contributed by atoms with van der Waals surface area (Å²) < 4.78 is 1.66. The summed E-state index contributed by atoms with van der Waals surface area (Å²) in [5.41, 5.74) is 3.81. The maximum Gasteiger partial charge on any atom is 0.269 e. The number of nitro groups is 1. The van der Waals surface area contributed by atoms with Gasteiger partial charge in [-0.15, -0.1) is 5.10 Å². The molecular formula is C23H16N4O3.